The summed E-state index contributed by atoms with van der Waals surface area (Å²) in [5.74, 6) is -0.154. The molecule has 1 aromatic heterocycles. The highest BCUT2D eigenvalue weighted by atomic mass is 32.2. The second-order valence-corrected chi connectivity index (χ2v) is 5.64. The highest BCUT2D eigenvalue weighted by molar-refractivity contribution is 7.89. The number of hydrogen-bond donors (Lipinski definition) is 1. The maximum absolute atomic E-state index is 11.9. The van der Waals surface area contributed by atoms with Gasteiger partial charge in [-0.1, -0.05) is 17.3 Å². The standard InChI is InChI=1S/C11H11N3O4S/c1-7-12-11(18-13-7)9-6-4-3-5-8(9)10(15)14-19(2,16)17/h3-6H,1-2H3,(H,14,15). The van der Waals surface area contributed by atoms with Gasteiger partial charge >= 0.3 is 0 Å². The van der Waals surface area contributed by atoms with Crippen LogP contribution in [0.2, 0.25) is 0 Å². The Bertz CT molecular complexity index is 721. The number of carbonyl (C=O) groups excluding carboxylic acids is 1. The molecule has 19 heavy (non-hydrogen) atoms. The monoisotopic (exact) mass is 281 g/mol. The molecule has 0 saturated carbocycles. The summed E-state index contributed by atoms with van der Waals surface area (Å²) in [6, 6.07) is 6.38. The number of amides is 1. The van der Waals surface area contributed by atoms with Gasteiger partial charge in [0.2, 0.25) is 10.0 Å². The molecule has 0 radical (unpaired) electrons. The van der Waals surface area contributed by atoms with Crippen LogP contribution in [0, 0.1) is 6.92 Å². The van der Waals surface area contributed by atoms with Gasteiger partial charge in [-0.3, -0.25) is 4.79 Å². The molecule has 1 amide bonds. The lowest BCUT2D eigenvalue weighted by molar-refractivity contribution is 0.0982. The maximum atomic E-state index is 11.9. The molecule has 0 atom stereocenters. The fourth-order valence-electron chi connectivity index (χ4n) is 1.50. The first-order valence-electron chi connectivity index (χ1n) is 5.28. The molecule has 8 heteroatoms. The lowest BCUT2D eigenvalue weighted by Crippen LogP contribution is -2.29. The molecule has 7 nitrogen and oxygen atoms in total. The third-order valence-electron chi connectivity index (χ3n) is 2.21. The van der Waals surface area contributed by atoms with Crippen LogP contribution in [-0.4, -0.2) is 30.7 Å². The van der Waals surface area contributed by atoms with Gasteiger partial charge in [0.1, 0.15) is 0 Å². The number of nitrogens with one attached hydrogen (secondary N) is 1. The van der Waals surface area contributed by atoms with E-state index < -0.39 is 15.9 Å². The molecule has 0 unspecified atom stereocenters. The first-order chi connectivity index (χ1) is 8.87. The minimum Gasteiger partial charge on any atom is -0.334 e. The molecule has 0 spiro atoms. The molecule has 0 aliphatic heterocycles. The van der Waals surface area contributed by atoms with Crippen molar-refractivity contribution in [1.29, 1.82) is 0 Å². The van der Waals surface area contributed by atoms with E-state index in [1.165, 1.54) is 6.07 Å². The number of sulfonamides is 1. The summed E-state index contributed by atoms with van der Waals surface area (Å²) in [6.07, 6.45) is 0.907. The van der Waals surface area contributed by atoms with Crippen molar-refractivity contribution in [3.05, 3.63) is 35.7 Å². The van der Waals surface area contributed by atoms with Crippen LogP contribution in [0.3, 0.4) is 0 Å². The van der Waals surface area contributed by atoms with Crippen molar-refractivity contribution < 1.29 is 17.7 Å². The lowest BCUT2D eigenvalue weighted by Gasteiger charge is -2.05. The fourth-order valence-corrected chi connectivity index (χ4v) is 1.94. The van der Waals surface area contributed by atoms with E-state index in [4.69, 9.17) is 4.52 Å². The second kappa shape index (κ2) is 4.81. The quantitative estimate of drug-likeness (QED) is 0.890. The Labute approximate surface area is 109 Å². The minimum absolute atomic E-state index is 0.150. The van der Waals surface area contributed by atoms with Crippen molar-refractivity contribution in [3.63, 3.8) is 0 Å². The van der Waals surface area contributed by atoms with Crippen molar-refractivity contribution in [2.75, 3.05) is 6.26 Å². The van der Waals surface area contributed by atoms with Crippen LogP contribution < -0.4 is 4.72 Å². The summed E-state index contributed by atoms with van der Waals surface area (Å²) in [5.41, 5.74) is 0.529. The molecule has 100 valence electrons. The number of benzene rings is 1. The predicted molar refractivity (Wildman–Crippen MR) is 66.8 cm³/mol. The summed E-state index contributed by atoms with van der Waals surface area (Å²) < 4.78 is 29.0. The smallest absolute Gasteiger partial charge is 0.265 e. The third kappa shape index (κ3) is 3.16. The van der Waals surface area contributed by atoms with Crippen molar-refractivity contribution in [2.24, 2.45) is 0 Å². The highest BCUT2D eigenvalue weighted by Gasteiger charge is 2.18. The van der Waals surface area contributed by atoms with E-state index in [-0.39, 0.29) is 11.5 Å². The van der Waals surface area contributed by atoms with Crippen LogP contribution in [-0.2, 0) is 10.0 Å². The molecule has 2 aromatic rings. The lowest BCUT2D eigenvalue weighted by atomic mass is 10.1. The van der Waals surface area contributed by atoms with E-state index in [2.05, 4.69) is 10.1 Å². The number of hydrogen-bond acceptors (Lipinski definition) is 6. The minimum atomic E-state index is -3.63. The summed E-state index contributed by atoms with van der Waals surface area (Å²) >= 11 is 0. The van der Waals surface area contributed by atoms with Gasteiger partial charge < -0.3 is 4.52 Å². The summed E-state index contributed by atoms with van der Waals surface area (Å²) in [7, 11) is -3.63. The van der Waals surface area contributed by atoms with E-state index in [0.717, 1.165) is 6.26 Å². The Hall–Kier alpha value is -2.22. The van der Waals surface area contributed by atoms with Gasteiger partial charge in [-0.2, -0.15) is 4.98 Å². The average Bonchev–Trinajstić information content (AvgIpc) is 2.73. The topological polar surface area (TPSA) is 102 Å². The van der Waals surface area contributed by atoms with Gasteiger partial charge in [0, 0.05) is 0 Å². The van der Waals surface area contributed by atoms with Crippen molar-refractivity contribution in [1.82, 2.24) is 14.9 Å². The van der Waals surface area contributed by atoms with Crippen molar-refractivity contribution in [3.8, 4) is 11.5 Å². The van der Waals surface area contributed by atoms with Crippen LogP contribution in [0.5, 0.6) is 0 Å². The van der Waals surface area contributed by atoms with Gasteiger partial charge in [0.25, 0.3) is 11.8 Å². The molecule has 0 aliphatic rings. The van der Waals surface area contributed by atoms with E-state index >= 15 is 0 Å². The van der Waals surface area contributed by atoms with Crippen LogP contribution in [0.1, 0.15) is 16.2 Å². The summed E-state index contributed by atoms with van der Waals surface area (Å²) in [6.45, 7) is 1.65. The predicted octanol–water partition coefficient (Wildman–Crippen LogP) is 0.734. The zero-order chi connectivity index (χ0) is 14.0. The van der Waals surface area contributed by atoms with Crippen LogP contribution in [0.4, 0.5) is 0 Å². The first kappa shape index (κ1) is 13.2. The molecule has 0 fully saturated rings. The molecular weight excluding hydrogens is 270 g/mol. The summed E-state index contributed by atoms with van der Waals surface area (Å²) in [4.78, 5) is 15.9. The molecule has 0 aliphatic carbocycles. The zero-order valence-electron chi connectivity index (χ0n) is 10.2. The first-order valence-corrected chi connectivity index (χ1v) is 7.18. The fraction of sp³-hybridized carbons (Fsp3) is 0.182. The third-order valence-corrected chi connectivity index (χ3v) is 2.76. The molecule has 1 N–H and O–H groups in total. The molecule has 1 heterocycles. The van der Waals surface area contributed by atoms with Gasteiger partial charge in [0.05, 0.1) is 17.4 Å². The molecule has 0 bridgehead atoms. The Morgan fingerprint density at radius 2 is 2.00 bits per heavy atom. The van der Waals surface area contributed by atoms with Crippen molar-refractivity contribution >= 4 is 15.9 Å². The van der Waals surface area contributed by atoms with E-state index in [1.54, 1.807) is 25.1 Å². The number of aromatic nitrogens is 2. The van der Waals surface area contributed by atoms with Gasteiger partial charge in [0.15, 0.2) is 5.82 Å². The molecule has 1 aromatic carbocycles. The van der Waals surface area contributed by atoms with Gasteiger partial charge in [-0.25, -0.2) is 13.1 Å². The Morgan fingerprint density at radius 1 is 1.32 bits per heavy atom. The van der Waals surface area contributed by atoms with E-state index in [1.807, 2.05) is 4.72 Å². The van der Waals surface area contributed by atoms with E-state index in [0.29, 0.717) is 11.4 Å². The number of nitrogens with zero attached hydrogens (tertiary/aromatic N) is 2. The zero-order valence-corrected chi connectivity index (χ0v) is 11.1. The van der Waals surface area contributed by atoms with Crippen molar-refractivity contribution in [2.45, 2.75) is 6.92 Å². The molecule has 2 rings (SSSR count). The number of aryl methyl sites for hydroxylation is 1. The normalized spacial score (nSPS) is 11.3. The molecular formula is C11H11N3O4S. The molecule has 0 saturated heterocycles. The Morgan fingerprint density at radius 3 is 2.58 bits per heavy atom. The Balaban J connectivity index is 2.45. The SMILES string of the molecule is Cc1noc(-c2ccccc2C(=O)NS(C)(=O)=O)n1. The van der Waals surface area contributed by atoms with Crippen LogP contribution >= 0.6 is 0 Å². The average molecular weight is 281 g/mol. The van der Waals surface area contributed by atoms with E-state index in [9.17, 15) is 13.2 Å². The summed E-state index contributed by atoms with van der Waals surface area (Å²) in [5, 5.41) is 3.63. The van der Waals surface area contributed by atoms with Crippen LogP contribution in [0.25, 0.3) is 11.5 Å². The van der Waals surface area contributed by atoms with Gasteiger partial charge in [-0.15, -0.1) is 0 Å². The maximum Gasteiger partial charge on any atom is 0.265 e. The number of carbonyl (C=O) groups is 1. The van der Waals surface area contributed by atoms with Crippen LogP contribution in [0.15, 0.2) is 28.8 Å². The second-order valence-electron chi connectivity index (χ2n) is 3.90. The number of rotatable bonds is 3. The highest BCUT2D eigenvalue weighted by Crippen LogP contribution is 2.21. The Kier molecular flexibility index (Phi) is 3.34. The van der Waals surface area contributed by atoms with Gasteiger partial charge in [-0.05, 0) is 19.1 Å². The largest absolute Gasteiger partial charge is 0.334 e.